The molecular formula is C44H29F3N2. The monoisotopic (exact) mass is 642 g/mol. The third kappa shape index (κ3) is 3.62. The van der Waals surface area contributed by atoms with Crippen molar-refractivity contribution in [2.75, 3.05) is 9.80 Å². The minimum Gasteiger partial charge on any atom is -0.330 e. The first kappa shape index (κ1) is 28.2. The molecule has 0 bridgehead atoms. The van der Waals surface area contributed by atoms with Crippen LogP contribution < -0.4 is 9.80 Å². The lowest BCUT2D eigenvalue weighted by Gasteiger charge is -2.55. The number of hydrogen-bond donors (Lipinski definition) is 0. The van der Waals surface area contributed by atoms with Crippen LogP contribution in [0.5, 0.6) is 0 Å². The van der Waals surface area contributed by atoms with Gasteiger partial charge in [-0.2, -0.15) is 0 Å². The fraction of sp³-hybridized carbons (Fsp3) is 0.0909. The van der Waals surface area contributed by atoms with Crippen molar-refractivity contribution in [3.63, 3.8) is 0 Å². The Balaban J connectivity index is 1.27. The van der Waals surface area contributed by atoms with E-state index < -0.39 is 28.4 Å². The SMILES string of the molecule is CC12C=CC=CC1N(c1ccc3c(c1)C1(c4cc(F)ccc4-c4ccc(F)cc41)c1cc(F)ccc1-3)c1ccccc1N2c1ccccc1. The van der Waals surface area contributed by atoms with Crippen molar-refractivity contribution in [3.8, 4) is 22.3 Å². The molecule has 1 spiro atoms. The third-order valence-electron chi connectivity index (χ3n) is 11.0. The van der Waals surface area contributed by atoms with Crippen LogP contribution in [0.25, 0.3) is 22.3 Å². The van der Waals surface area contributed by atoms with Crippen LogP contribution in [0.2, 0.25) is 0 Å². The van der Waals surface area contributed by atoms with Crippen LogP contribution in [0.3, 0.4) is 0 Å². The number of fused-ring (bicyclic) bond motifs is 12. The maximum absolute atomic E-state index is 15.3. The normalized spacial score (nSPS) is 20.0. The van der Waals surface area contributed by atoms with E-state index in [2.05, 4.69) is 108 Å². The third-order valence-corrected chi connectivity index (χ3v) is 11.0. The fourth-order valence-corrected chi connectivity index (χ4v) is 9.11. The molecule has 236 valence electrons. The van der Waals surface area contributed by atoms with E-state index in [0.29, 0.717) is 16.7 Å². The first-order valence-electron chi connectivity index (χ1n) is 16.5. The smallest absolute Gasteiger partial charge is 0.123 e. The summed E-state index contributed by atoms with van der Waals surface area (Å²) < 4.78 is 45.9. The van der Waals surface area contributed by atoms with Gasteiger partial charge in [0.25, 0.3) is 0 Å². The molecule has 1 heterocycles. The Morgan fingerprint density at radius 1 is 0.510 bits per heavy atom. The van der Waals surface area contributed by atoms with Gasteiger partial charge < -0.3 is 9.80 Å². The molecule has 3 aliphatic carbocycles. The van der Waals surface area contributed by atoms with E-state index in [1.54, 1.807) is 36.4 Å². The second kappa shape index (κ2) is 9.86. The second-order valence-corrected chi connectivity index (χ2v) is 13.5. The fourth-order valence-electron chi connectivity index (χ4n) is 9.11. The zero-order valence-electron chi connectivity index (χ0n) is 26.5. The minimum atomic E-state index is -1.12. The molecule has 49 heavy (non-hydrogen) atoms. The van der Waals surface area contributed by atoms with E-state index in [-0.39, 0.29) is 6.04 Å². The molecule has 0 fully saturated rings. The molecule has 0 N–H and O–H groups in total. The summed E-state index contributed by atoms with van der Waals surface area (Å²) in [5.74, 6) is -1.18. The zero-order chi connectivity index (χ0) is 33.1. The lowest BCUT2D eigenvalue weighted by molar-refractivity contribution is 0.480. The zero-order valence-corrected chi connectivity index (χ0v) is 26.5. The van der Waals surface area contributed by atoms with Crippen LogP contribution in [0.15, 0.2) is 152 Å². The Hall–Kier alpha value is -5.81. The van der Waals surface area contributed by atoms with Gasteiger partial charge in [-0.25, -0.2) is 13.2 Å². The molecule has 0 amide bonds. The molecule has 6 aromatic carbocycles. The van der Waals surface area contributed by atoms with Crippen LogP contribution >= 0.6 is 0 Å². The number of hydrogen-bond acceptors (Lipinski definition) is 2. The summed E-state index contributed by atoms with van der Waals surface area (Å²) in [7, 11) is 0. The molecular weight excluding hydrogens is 613 g/mol. The van der Waals surface area contributed by atoms with Crippen molar-refractivity contribution in [3.05, 3.63) is 191 Å². The first-order valence-corrected chi connectivity index (χ1v) is 16.5. The van der Waals surface area contributed by atoms with Crippen molar-refractivity contribution < 1.29 is 13.2 Å². The van der Waals surface area contributed by atoms with Crippen LogP contribution in [-0.4, -0.2) is 11.6 Å². The Bertz CT molecular complexity index is 2360. The second-order valence-electron chi connectivity index (χ2n) is 13.5. The molecule has 2 nitrogen and oxygen atoms in total. The van der Waals surface area contributed by atoms with E-state index in [4.69, 9.17) is 0 Å². The van der Waals surface area contributed by atoms with Gasteiger partial charge in [0.05, 0.1) is 28.4 Å². The maximum Gasteiger partial charge on any atom is 0.123 e. The van der Waals surface area contributed by atoms with Gasteiger partial charge in [-0.15, -0.1) is 0 Å². The number of benzene rings is 6. The highest BCUT2D eigenvalue weighted by Crippen LogP contribution is 2.64. The van der Waals surface area contributed by atoms with Gasteiger partial charge in [-0.05, 0) is 124 Å². The molecule has 1 aliphatic heterocycles. The predicted octanol–water partition coefficient (Wildman–Crippen LogP) is 11.0. The highest BCUT2D eigenvalue weighted by Gasteiger charge is 2.53. The van der Waals surface area contributed by atoms with Crippen molar-refractivity contribution >= 4 is 22.7 Å². The Morgan fingerprint density at radius 2 is 1.02 bits per heavy atom. The topological polar surface area (TPSA) is 6.48 Å². The summed E-state index contributed by atoms with van der Waals surface area (Å²) in [4.78, 5) is 4.78. The number of allylic oxidation sites excluding steroid dienone is 2. The van der Waals surface area contributed by atoms with Crippen molar-refractivity contribution in [2.24, 2.45) is 0 Å². The lowest BCUT2D eigenvalue weighted by Crippen LogP contribution is -2.60. The summed E-state index contributed by atoms with van der Waals surface area (Å²) in [6, 6.07) is 39.5. The Morgan fingerprint density at radius 3 is 1.61 bits per heavy atom. The molecule has 5 heteroatoms. The van der Waals surface area contributed by atoms with Crippen molar-refractivity contribution in [1.29, 1.82) is 0 Å². The summed E-state index contributed by atoms with van der Waals surface area (Å²) >= 11 is 0. The van der Waals surface area contributed by atoms with Crippen LogP contribution in [0.1, 0.15) is 29.2 Å². The molecule has 0 saturated carbocycles. The van der Waals surface area contributed by atoms with Gasteiger partial charge in [0.15, 0.2) is 0 Å². The van der Waals surface area contributed by atoms with Gasteiger partial charge in [0.1, 0.15) is 17.5 Å². The molecule has 4 aliphatic rings. The molecule has 10 rings (SSSR count). The molecule has 0 radical (unpaired) electrons. The van der Waals surface area contributed by atoms with Crippen molar-refractivity contribution in [1.82, 2.24) is 0 Å². The molecule has 0 saturated heterocycles. The van der Waals surface area contributed by atoms with Gasteiger partial charge in [0.2, 0.25) is 0 Å². The predicted molar refractivity (Wildman–Crippen MR) is 190 cm³/mol. The summed E-state index contributed by atoms with van der Waals surface area (Å²) in [5, 5.41) is 0. The van der Waals surface area contributed by atoms with Gasteiger partial charge >= 0.3 is 0 Å². The minimum absolute atomic E-state index is 0.110. The number of para-hydroxylation sites is 3. The molecule has 2 unspecified atom stereocenters. The standard InChI is InChI=1S/C44H29F3N2/c1-43-22-8-7-13-42(43)48(40-11-5-6-12-41(40)49(43)30-9-3-2-4-10-30)31-17-21-35-34-20-16-29(47)25-38(34)44(39(35)26-31)36-23-27(45)14-18-32(36)33-19-15-28(46)24-37(33)44/h2-26,42H,1H3. The van der Waals surface area contributed by atoms with E-state index in [9.17, 15) is 0 Å². The van der Waals surface area contributed by atoms with Crippen molar-refractivity contribution in [2.45, 2.75) is 23.9 Å². The van der Waals surface area contributed by atoms with Gasteiger partial charge in [-0.3, -0.25) is 0 Å². The summed E-state index contributed by atoms with van der Waals surface area (Å²) in [6.45, 7) is 2.26. The van der Waals surface area contributed by atoms with Crippen LogP contribution in [0, 0.1) is 17.5 Å². The van der Waals surface area contributed by atoms with Gasteiger partial charge in [-0.1, -0.05) is 78.9 Å². The Kier molecular flexibility index (Phi) is 5.68. The maximum atomic E-state index is 15.3. The molecule has 0 aromatic heterocycles. The average Bonchev–Trinajstić information content (AvgIpc) is 3.55. The molecule has 2 atom stereocenters. The van der Waals surface area contributed by atoms with E-state index in [1.807, 2.05) is 6.07 Å². The average molecular weight is 643 g/mol. The number of anilines is 4. The van der Waals surface area contributed by atoms with Gasteiger partial charge in [0, 0.05) is 11.4 Å². The highest BCUT2D eigenvalue weighted by atomic mass is 19.1. The van der Waals surface area contributed by atoms with E-state index in [1.165, 1.54) is 18.2 Å². The quantitative estimate of drug-likeness (QED) is 0.185. The largest absolute Gasteiger partial charge is 0.330 e. The van der Waals surface area contributed by atoms with E-state index >= 15 is 13.2 Å². The highest BCUT2D eigenvalue weighted by molar-refractivity contribution is 5.97. The number of rotatable bonds is 2. The van der Waals surface area contributed by atoms with Crippen LogP contribution in [-0.2, 0) is 5.41 Å². The summed E-state index contributed by atoms with van der Waals surface area (Å²) in [6.07, 6.45) is 8.70. The van der Waals surface area contributed by atoms with Crippen LogP contribution in [0.4, 0.5) is 35.9 Å². The number of halogens is 3. The Labute approximate surface area is 282 Å². The first-order chi connectivity index (χ1) is 23.9. The molecule has 6 aromatic rings. The lowest BCUT2D eigenvalue weighted by atomic mass is 9.70. The summed E-state index contributed by atoms with van der Waals surface area (Å²) in [5.41, 5.74) is 8.91. The van der Waals surface area contributed by atoms with E-state index in [0.717, 1.165) is 50.6 Å². The number of nitrogens with zero attached hydrogens (tertiary/aromatic N) is 2.